The van der Waals surface area contributed by atoms with Gasteiger partial charge in [0.2, 0.25) is 0 Å². The molecule has 3 nitrogen and oxygen atoms in total. The smallest absolute Gasteiger partial charge is 0.0610 e. The van der Waals surface area contributed by atoms with Crippen LogP contribution in [0.4, 0.5) is 0 Å². The van der Waals surface area contributed by atoms with Crippen LogP contribution in [0.25, 0.3) is 0 Å². The standard InChI is InChI=1S/C14H30N2O/c1-4-10-16(13-7-8-13)11-6-9-14(3,12-17)15-5-2/h13,15,17H,4-12H2,1-3H3. The van der Waals surface area contributed by atoms with E-state index in [1.165, 1.54) is 38.8 Å². The van der Waals surface area contributed by atoms with E-state index < -0.39 is 0 Å². The van der Waals surface area contributed by atoms with Crippen molar-refractivity contribution in [2.75, 3.05) is 26.2 Å². The molecule has 1 saturated carbocycles. The van der Waals surface area contributed by atoms with Crippen molar-refractivity contribution in [1.82, 2.24) is 10.2 Å². The molecule has 0 bridgehead atoms. The highest BCUT2D eigenvalue weighted by Crippen LogP contribution is 2.27. The largest absolute Gasteiger partial charge is 0.394 e. The summed E-state index contributed by atoms with van der Waals surface area (Å²) in [5.41, 5.74) is -0.0871. The molecule has 102 valence electrons. The minimum atomic E-state index is -0.0871. The SMILES string of the molecule is CCCN(CCCC(C)(CO)NCC)C1CC1. The van der Waals surface area contributed by atoms with Crippen LogP contribution in [0, 0.1) is 0 Å². The third kappa shape index (κ3) is 5.36. The summed E-state index contributed by atoms with van der Waals surface area (Å²) in [6.07, 6.45) is 6.28. The van der Waals surface area contributed by atoms with Gasteiger partial charge in [-0.3, -0.25) is 0 Å². The van der Waals surface area contributed by atoms with Gasteiger partial charge in [-0.15, -0.1) is 0 Å². The predicted octanol–water partition coefficient (Wildman–Crippen LogP) is 2.00. The van der Waals surface area contributed by atoms with Crippen LogP contribution in [-0.4, -0.2) is 47.8 Å². The van der Waals surface area contributed by atoms with Gasteiger partial charge in [0, 0.05) is 11.6 Å². The Kier molecular flexibility index (Phi) is 6.45. The Hall–Kier alpha value is -0.120. The lowest BCUT2D eigenvalue weighted by atomic mass is 9.96. The summed E-state index contributed by atoms with van der Waals surface area (Å²) in [5.74, 6) is 0. The molecular weight excluding hydrogens is 212 g/mol. The molecule has 17 heavy (non-hydrogen) atoms. The van der Waals surface area contributed by atoms with Gasteiger partial charge in [-0.1, -0.05) is 13.8 Å². The van der Waals surface area contributed by atoms with E-state index in [4.69, 9.17) is 0 Å². The summed E-state index contributed by atoms with van der Waals surface area (Å²) in [4.78, 5) is 2.63. The Morgan fingerprint density at radius 1 is 1.29 bits per heavy atom. The molecule has 0 aliphatic heterocycles. The first kappa shape index (κ1) is 14.9. The molecular formula is C14H30N2O. The highest BCUT2D eigenvalue weighted by Gasteiger charge is 2.28. The van der Waals surface area contributed by atoms with E-state index in [9.17, 15) is 5.11 Å². The number of aliphatic hydroxyl groups is 1. The van der Waals surface area contributed by atoms with Gasteiger partial charge in [-0.25, -0.2) is 0 Å². The summed E-state index contributed by atoms with van der Waals surface area (Å²) in [6.45, 7) is 10.1. The summed E-state index contributed by atoms with van der Waals surface area (Å²) in [7, 11) is 0. The van der Waals surface area contributed by atoms with Crippen LogP contribution in [0.15, 0.2) is 0 Å². The number of nitrogens with zero attached hydrogens (tertiary/aromatic N) is 1. The average Bonchev–Trinajstić information content (AvgIpc) is 3.12. The molecule has 1 unspecified atom stereocenters. The quantitative estimate of drug-likeness (QED) is 0.615. The number of rotatable bonds is 10. The minimum Gasteiger partial charge on any atom is -0.394 e. The van der Waals surface area contributed by atoms with Gasteiger partial charge in [0.05, 0.1) is 6.61 Å². The van der Waals surface area contributed by atoms with Gasteiger partial charge in [0.15, 0.2) is 0 Å². The molecule has 0 aromatic rings. The molecule has 1 rings (SSSR count). The highest BCUT2D eigenvalue weighted by atomic mass is 16.3. The molecule has 0 spiro atoms. The van der Waals surface area contributed by atoms with Crippen LogP contribution in [0.2, 0.25) is 0 Å². The molecule has 0 amide bonds. The number of hydrogen-bond donors (Lipinski definition) is 2. The Balaban J connectivity index is 2.23. The van der Waals surface area contributed by atoms with E-state index in [2.05, 4.69) is 31.0 Å². The molecule has 1 aliphatic carbocycles. The maximum Gasteiger partial charge on any atom is 0.0610 e. The van der Waals surface area contributed by atoms with Gasteiger partial charge in [-0.2, -0.15) is 0 Å². The molecule has 1 fully saturated rings. The Labute approximate surface area is 107 Å². The molecule has 0 aromatic heterocycles. The van der Waals surface area contributed by atoms with Crippen molar-refractivity contribution >= 4 is 0 Å². The Morgan fingerprint density at radius 3 is 2.47 bits per heavy atom. The van der Waals surface area contributed by atoms with Crippen molar-refractivity contribution in [3.05, 3.63) is 0 Å². The van der Waals surface area contributed by atoms with E-state index >= 15 is 0 Å². The van der Waals surface area contributed by atoms with Gasteiger partial charge in [-0.05, 0) is 58.7 Å². The number of hydrogen-bond acceptors (Lipinski definition) is 3. The zero-order chi connectivity index (χ0) is 12.7. The topological polar surface area (TPSA) is 35.5 Å². The van der Waals surface area contributed by atoms with Crippen molar-refractivity contribution in [2.45, 2.75) is 64.5 Å². The summed E-state index contributed by atoms with van der Waals surface area (Å²) < 4.78 is 0. The highest BCUT2D eigenvalue weighted by molar-refractivity contribution is 4.86. The number of aliphatic hydroxyl groups excluding tert-OH is 1. The lowest BCUT2D eigenvalue weighted by molar-refractivity contribution is 0.157. The van der Waals surface area contributed by atoms with Crippen LogP contribution in [0.5, 0.6) is 0 Å². The maximum absolute atomic E-state index is 9.43. The fourth-order valence-corrected chi connectivity index (χ4v) is 2.53. The van der Waals surface area contributed by atoms with Crippen molar-refractivity contribution in [1.29, 1.82) is 0 Å². The second-order valence-corrected chi connectivity index (χ2v) is 5.62. The molecule has 1 aliphatic rings. The van der Waals surface area contributed by atoms with E-state index in [0.717, 1.165) is 19.0 Å². The molecule has 0 aromatic carbocycles. The normalized spacial score (nSPS) is 19.6. The van der Waals surface area contributed by atoms with Crippen LogP contribution >= 0.6 is 0 Å². The van der Waals surface area contributed by atoms with Gasteiger partial charge in [0.25, 0.3) is 0 Å². The first-order valence-corrected chi connectivity index (χ1v) is 7.25. The lowest BCUT2D eigenvalue weighted by Crippen LogP contribution is -2.46. The first-order valence-electron chi connectivity index (χ1n) is 7.25. The molecule has 2 N–H and O–H groups in total. The molecule has 1 atom stereocenters. The number of nitrogens with one attached hydrogen (secondary N) is 1. The Morgan fingerprint density at radius 2 is 2.00 bits per heavy atom. The summed E-state index contributed by atoms with van der Waals surface area (Å²) >= 11 is 0. The van der Waals surface area contributed by atoms with E-state index in [-0.39, 0.29) is 12.1 Å². The van der Waals surface area contributed by atoms with Gasteiger partial charge >= 0.3 is 0 Å². The lowest BCUT2D eigenvalue weighted by Gasteiger charge is -2.30. The zero-order valence-corrected chi connectivity index (χ0v) is 11.8. The van der Waals surface area contributed by atoms with Gasteiger partial charge in [0.1, 0.15) is 0 Å². The number of likely N-dealkylation sites (N-methyl/N-ethyl adjacent to an activating group) is 1. The third-order valence-corrected chi connectivity index (χ3v) is 3.70. The van der Waals surface area contributed by atoms with E-state index in [1.807, 2.05) is 0 Å². The van der Waals surface area contributed by atoms with Crippen LogP contribution < -0.4 is 5.32 Å². The van der Waals surface area contributed by atoms with Gasteiger partial charge < -0.3 is 15.3 Å². The second kappa shape index (κ2) is 7.34. The van der Waals surface area contributed by atoms with Crippen molar-refractivity contribution in [2.24, 2.45) is 0 Å². The molecule has 3 heteroatoms. The predicted molar refractivity (Wildman–Crippen MR) is 73.3 cm³/mol. The van der Waals surface area contributed by atoms with E-state index in [1.54, 1.807) is 0 Å². The summed E-state index contributed by atoms with van der Waals surface area (Å²) in [5, 5.41) is 12.8. The third-order valence-electron chi connectivity index (χ3n) is 3.70. The summed E-state index contributed by atoms with van der Waals surface area (Å²) in [6, 6.07) is 0.870. The maximum atomic E-state index is 9.43. The minimum absolute atomic E-state index is 0.0871. The second-order valence-electron chi connectivity index (χ2n) is 5.62. The molecule has 0 saturated heterocycles. The van der Waals surface area contributed by atoms with E-state index in [0.29, 0.717) is 0 Å². The van der Waals surface area contributed by atoms with Crippen molar-refractivity contribution in [3.63, 3.8) is 0 Å². The monoisotopic (exact) mass is 242 g/mol. The Bertz CT molecular complexity index is 206. The molecule has 0 heterocycles. The van der Waals surface area contributed by atoms with Crippen LogP contribution in [0.1, 0.15) is 52.9 Å². The zero-order valence-electron chi connectivity index (χ0n) is 11.8. The first-order chi connectivity index (χ1) is 8.15. The van der Waals surface area contributed by atoms with Crippen LogP contribution in [-0.2, 0) is 0 Å². The van der Waals surface area contributed by atoms with Crippen molar-refractivity contribution in [3.8, 4) is 0 Å². The van der Waals surface area contributed by atoms with Crippen molar-refractivity contribution < 1.29 is 5.11 Å². The fraction of sp³-hybridized carbons (Fsp3) is 1.00. The fourth-order valence-electron chi connectivity index (χ4n) is 2.53. The van der Waals surface area contributed by atoms with Crippen LogP contribution in [0.3, 0.4) is 0 Å². The molecule has 0 radical (unpaired) electrons. The average molecular weight is 242 g/mol.